The molecule has 3 aliphatic rings. The lowest BCUT2D eigenvalue weighted by Crippen LogP contribution is -2.51. The van der Waals surface area contributed by atoms with E-state index in [1.54, 1.807) is 28.9 Å². The molecule has 0 spiro atoms. The molecular weight excluding hydrogens is 416 g/mol. The highest BCUT2D eigenvalue weighted by Gasteiger charge is 2.38. The zero-order valence-electron chi connectivity index (χ0n) is 16.6. The van der Waals surface area contributed by atoms with E-state index in [0.29, 0.717) is 12.5 Å². The highest BCUT2D eigenvalue weighted by molar-refractivity contribution is 7.22. The number of amides is 1. The summed E-state index contributed by atoms with van der Waals surface area (Å²) in [6.07, 6.45) is 5.12. The molecular formula is C21H30N6OS2. The summed E-state index contributed by atoms with van der Waals surface area (Å²) in [6, 6.07) is 2.65. The lowest BCUT2D eigenvalue weighted by molar-refractivity contribution is -0.116. The maximum Gasteiger partial charge on any atom is 0.226 e. The third-order valence-corrected chi connectivity index (χ3v) is 8.60. The van der Waals surface area contributed by atoms with E-state index >= 15 is 0 Å². The zero-order valence-corrected chi connectivity index (χ0v) is 18.2. The Bertz CT molecular complexity index is 1080. The Balaban J connectivity index is 0.00000102. The largest absolute Gasteiger partial charge is 0.317 e. The fourth-order valence-corrected chi connectivity index (χ4v) is 7.02. The third kappa shape index (κ3) is 3.34. The van der Waals surface area contributed by atoms with Gasteiger partial charge < -0.3 is 20.9 Å². The first kappa shape index (κ1) is 18.8. The Morgan fingerprint density at radius 2 is 2.33 bits per heavy atom. The van der Waals surface area contributed by atoms with Crippen molar-refractivity contribution < 1.29 is 9.07 Å². The number of carbonyl (C=O) groups excluding carboxylic acids is 1. The summed E-state index contributed by atoms with van der Waals surface area (Å²) in [5.74, 6) is 0.877. The minimum atomic E-state index is 0. The fourth-order valence-electron chi connectivity index (χ4n) is 4.71. The predicted octanol–water partition coefficient (Wildman–Crippen LogP) is 3.04. The molecule has 0 bridgehead atoms. The number of fused-ring (bicyclic) bond motifs is 3. The molecule has 0 aliphatic carbocycles. The van der Waals surface area contributed by atoms with Gasteiger partial charge >= 0.3 is 0 Å². The standard InChI is InChI=1S/C21H24N6OS2.3H2/c28-18(3-6-27-10-12-7-24-15(12)11-27)26-21-19(13-1-4-23-9-17(13)30-21)20-25-14-8-22-5-2-16(14)29-20;;;/h2,5,8,12,15,23-24H,1,3-4,6-7,9-11H2,(H,26,28);3*1H/t12-,15+;;;/m1.../s1. The van der Waals surface area contributed by atoms with Gasteiger partial charge in [0.1, 0.15) is 15.5 Å². The van der Waals surface area contributed by atoms with Crippen molar-refractivity contribution in [1.82, 2.24) is 25.5 Å². The van der Waals surface area contributed by atoms with E-state index in [9.17, 15) is 4.79 Å². The van der Waals surface area contributed by atoms with Crippen LogP contribution in [0, 0.1) is 5.92 Å². The second-order valence-corrected chi connectivity index (χ2v) is 10.5. The van der Waals surface area contributed by atoms with Crippen molar-refractivity contribution in [2.45, 2.75) is 25.4 Å². The Morgan fingerprint density at radius 3 is 3.13 bits per heavy atom. The summed E-state index contributed by atoms with van der Waals surface area (Å²) < 4.78 is 1.13. The van der Waals surface area contributed by atoms with Crippen molar-refractivity contribution in [2.24, 2.45) is 5.92 Å². The molecule has 3 aromatic rings. The number of aromatic nitrogens is 2. The monoisotopic (exact) mass is 446 g/mol. The van der Waals surface area contributed by atoms with Crippen LogP contribution in [0.4, 0.5) is 5.00 Å². The number of hydrogen-bond acceptors (Lipinski definition) is 8. The smallest absolute Gasteiger partial charge is 0.226 e. The highest BCUT2D eigenvalue weighted by atomic mass is 32.1. The van der Waals surface area contributed by atoms with Crippen molar-refractivity contribution >= 4 is 43.8 Å². The van der Waals surface area contributed by atoms with Gasteiger partial charge in [-0.15, -0.1) is 22.7 Å². The Kier molecular flexibility index (Phi) is 4.80. The number of likely N-dealkylation sites (tertiary alicyclic amines) is 1. The van der Waals surface area contributed by atoms with Gasteiger partial charge in [0.25, 0.3) is 0 Å². The van der Waals surface area contributed by atoms with Gasteiger partial charge in [0, 0.05) is 72.0 Å². The van der Waals surface area contributed by atoms with E-state index in [0.717, 1.165) is 77.4 Å². The molecule has 6 heterocycles. The molecule has 0 radical (unpaired) electrons. The predicted molar refractivity (Wildman–Crippen MR) is 127 cm³/mol. The van der Waals surface area contributed by atoms with Gasteiger partial charge in [-0.1, -0.05) is 0 Å². The van der Waals surface area contributed by atoms with Crippen molar-refractivity contribution in [3.63, 3.8) is 0 Å². The number of anilines is 1. The number of thiazole rings is 1. The maximum atomic E-state index is 12.8. The Morgan fingerprint density at radius 1 is 1.37 bits per heavy atom. The van der Waals surface area contributed by atoms with Crippen LogP contribution in [0.5, 0.6) is 0 Å². The molecule has 162 valence electrons. The SMILES string of the molecule is O=C(CCN1C[C@H]2CN[C@H]2C1)Nc1sc2c(c1-c1nc3cnccc3s1)CCNC2.[HH].[HH].[HH]. The average molecular weight is 447 g/mol. The van der Waals surface area contributed by atoms with Crippen molar-refractivity contribution in [3.05, 3.63) is 28.9 Å². The summed E-state index contributed by atoms with van der Waals surface area (Å²) >= 11 is 3.38. The molecule has 9 heteroatoms. The van der Waals surface area contributed by atoms with Gasteiger partial charge in [-0.25, -0.2) is 4.98 Å². The molecule has 30 heavy (non-hydrogen) atoms. The van der Waals surface area contributed by atoms with E-state index in [1.807, 2.05) is 12.3 Å². The maximum absolute atomic E-state index is 12.8. The van der Waals surface area contributed by atoms with Crippen molar-refractivity contribution in [2.75, 3.05) is 38.0 Å². The molecule has 6 rings (SSSR count). The van der Waals surface area contributed by atoms with Gasteiger partial charge in [0.05, 0.1) is 10.9 Å². The topological polar surface area (TPSA) is 82.2 Å². The van der Waals surface area contributed by atoms with Crippen LogP contribution in [0.25, 0.3) is 20.8 Å². The summed E-state index contributed by atoms with van der Waals surface area (Å²) in [5.41, 5.74) is 3.37. The van der Waals surface area contributed by atoms with Gasteiger partial charge in [0.15, 0.2) is 0 Å². The Hall–Kier alpha value is -1.91. The van der Waals surface area contributed by atoms with Gasteiger partial charge in [-0.05, 0) is 24.6 Å². The van der Waals surface area contributed by atoms with Crippen LogP contribution in [0.15, 0.2) is 18.5 Å². The third-order valence-electron chi connectivity index (χ3n) is 6.40. The summed E-state index contributed by atoms with van der Waals surface area (Å²) in [4.78, 5) is 25.6. The molecule has 0 aromatic carbocycles. The van der Waals surface area contributed by atoms with Gasteiger partial charge in [0.2, 0.25) is 5.91 Å². The first-order valence-electron chi connectivity index (χ1n) is 10.6. The summed E-state index contributed by atoms with van der Waals surface area (Å²) in [5, 5.41) is 12.1. The van der Waals surface area contributed by atoms with Gasteiger partial charge in [-0.3, -0.25) is 9.78 Å². The first-order valence-corrected chi connectivity index (χ1v) is 12.2. The van der Waals surface area contributed by atoms with Crippen molar-refractivity contribution in [1.29, 1.82) is 0 Å². The number of thiophene rings is 1. The number of pyridine rings is 1. The van der Waals surface area contributed by atoms with Crippen LogP contribution >= 0.6 is 22.7 Å². The highest BCUT2D eigenvalue weighted by Crippen LogP contribution is 2.44. The number of hydrogen-bond donors (Lipinski definition) is 3. The molecule has 0 unspecified atom stereocenters. The molecule has 3 aliphatic heterocycles. The average Bonchev–Trinajstić information content (AvgIpc) is 3.39. The molecule has 2 atom stereocenters. The van der Waals surface area contributed by atoms with E-state index in [2.05, 4.69) is 25.8 Å². The molecule has 7 nitrogen and oxygen atoms in total. The van der Waals surface area contributed by atoms with Crippen LogP contribution in [-0.2, 0) is 17.8 Å². The van der Waals surface area contributed by atoms with E-state index in [1.165, 1.54) is 10.4 Å². The molecule has 3 aromatic heterocycles. The summed E-state index contributed by atoms with van der Waals surface area (Å²) in [6.45, 7) is 5.97. The number of carbonyl (C=O) groups is 1. The molecule has 2 saturated heterocycles. The first-order chi connectivity index (χ1) is 14.7. The second-order valence-electron chi connectivity index (χ2n) is 8.33. The lowest BCUT2D eigenvalue weighted by atomic mass is 9.96. The minimum Gasteiger partial charge on any atom is -0.317 e. The van der Waals surface area contributed by atoms with Crippen LogP contribution in [0.3, 0.4) is 0 Å². The second kappa shape index (κ2) is 7.65. The minimum absolute atomic E-state index is 0. The molecule has 1 amide bonds. The summed E-state index contributed by atoms with van der Waals surface area (Å²) in [7, 11) is 0. The fraction of sp³-hybridized carbons (Fsp3) is 0.476. The van der Waals surface area contributed by atoms with E-state index in [-0.39, 0.29) is 10.2 Å². The van der Waals surface area contributed by atoms with E-state index in [4.69, 9.17) is 4.98 Å². The quantitative estimate of drug-likeness (QED) is 0.559. The Labute approximate surface area is 187 Å². The number of nitrogens with one attached hydrogen (secondary N) is 3. The molecule has 3 N–H and O–H groups in total. The number of rotatable bonds is 5. The van der Waals surface area contributed by atoms with Crippen LogP contribution in [-0.4, -0.2) is 59.5 Å². The van der Waals surface area contributed by atoms with Crippen LogP contribution < -0.4 is 16.0 Å². The zero-order chi connectivity index (χ0) is 20.1. The molecule has 2 fully saturated rings. The van der Waals surface area contributed by atoms with Crippen LogP contribution in [0.2, 0.25) is 0 Å². The normalized spacial score (nSPS) is 23.2. The van der Waals surface area contributed by atoms with Gasteiger partial charge in [-0.2, -0.15) is 0 Å². The lowest BCUT2D eigenvalue weighted by Gasteiger charge is -2.30. The number of nitrogens with zero attached hydrogens (tertiary/aromatic N) is 3. The van der Waals surface area contributed by atoms with Crippen LogP contribution in [0.1, 0.15) is 21.1 Å². The molecule has 0 saturated carbocycles. The van der Waals surface area contributed by atoms with E-state index < -0.39 is 0 Å². The van der Waals surface area contributed by atoms with Crippen molar-refractivity contribution in [3.8, 4) is 10.6 Å².